The standard InChI is InChI=1S/C12H14N2O.ClH/c13-7-8-4-5-11(15)10(6-8)12(14)9-2-1-3-9;/h4-6,9,12,15H,1-3,14H2;1H/t12-;/m1./s1. The number of phenolic OH excluding ortho intramolecular Hbond substituents is 1. The lowest BCUT2D eigenvalue weighted by atomic mass is 9.77. The van der Waals surface area contributed by atoms with Crippen LogP contribution in [0.5, 0.6) is 5.75 Å². The van der Waals surface area contributed by atoms with Gasteiger partial charge in [-0.25, -0.2) is 0 Å². The minimum absolute atomic E-state index is 0. The first-order valence-electron chi connectivity index (χ1n) is 5.21. The summed E-state index contributed by atoms with van der Waals surface area (Å²) < 4.78 is 0. The molecule has 86 valence electrons. The highest BCUT2D eigenvalue weighted by molar-refractivity contribution is 5.85. The highest BCUT2D eigenvalue weighted by atomic mass is 35.5. The quantitative estimate of drug-likeness (QED) is 0.832. The number of nitriles is 1. The molecule has 16 heavy (non-hydrogen) atoms. The van der Waals surface area contributed by atoms with Gasteiger partial charge in [0, 0.05) is 11.6 Å². The van der Waals surface area contributed by atoms with Gasteiger partial charge in [0.2, 0.25) is 0 Å². The molecular formula is C12H15ClN2O. The molecule has 1 aliphatic rings. The summed E-state index contributed by atoms with van der Waals surface area (Å²) in [6.45, 7) is 0. The van der Waals surface area contributed by atoms with Crippen LogP contribution in [0, 0.1) is 17.2 Å². The number of hydrogen-bond acceptors (Lipinski definition) is 3. The molecule has 1 aliphatic carbocycles. The molecular weight excluding hydrogens is 224 g/mol. The van der Waals surface area contributed by atoms with Crippen molar-refractivity contribution in [2.75, 3.05) is 0 Å². The highest BCUT2D eigenvalue weighted by Gasteiger charge is 2.27. The molecule has 1 fully saturated rings. The van der Waals surface area contributed by atoms with Gasteiger partial charge in [-0.1, -0.05) is 6.42 Å². The number of nitrogens with two attached hydrogens (primary N) is 1. The van der Waals surface area contributed by atoms with Gasteiger partial charge >= 0.3 is 0 Å². The normalized spacial score (nSPS) is 16.8. The molecule has 0 radical (unpaired) electrons. The third-order valence-corrected chi connectivity index (χ3v) is 3.17. The van der Waals surface area contributed by atoms with E-state index in [0.29, 0.717) is 17.0 Å². The lowest BCUT2D eigenvalue weighted by Crippen LogP contribution is -2.26. The summed E-state index contributed by atoms with van der Waals surface area (Å²) in [5, 5.41) is 18.5. The zero-order valence-corrected chi connectivity index (χ0v) is 9.70. The van der Waals surface area contributed by atoms with E-state index >= 15 is 0 Å². The molecule has 0 amide bonds. The molecule has 2 rings (SSSR count). The van der Waals surface area contributed by atoms with Crippen molar-refractivity contribution in [1.82, 2.24) is 0 Å². The van der Waals surface area contributed by atoms with Gasteiger partial charge in [0.15, 0.2) is 0 Å². The smallest absolute Gasteiger partial charge is 0.120 e. The SMILES string of the molecule is Cl.N#Cc1ccc(O)c([C@H](N)C2CCC2)c1. The van der Waals surface area contributed by atoms with Crippen molar-refractivity contribution >= 4 is 12.4 Å². The van der Waals surface area contributed by atoms with Crippen LogP contribution in [0.15, 0.2) is 18.2 Å². The van der Waals surface area contributed by atoms with Crippen LogP contribution in [-0.4, -0.2) is 5.11 Å². The van der Waals surface area contributed by atoms with Crippen molar-refractivity contribution < 1.29 is 5.11 Å². The van der Waals surface area contributed by atoms with Crippen LogP contribution in [0.2, 0.25) is 0 Å². The van der Waals surface area contributed by atoms with Crippen molar-refractivity contribution in [3.05, 3.63) is 29.3 Å². The zero-order valence-electron chi connectivity index (χ0n) is 8.89. The Morgan fingerprint density at radius 2 is 2.12 bits per heavy atom. The number of hydrogen-bond donors (Lipinski definition) is 2. The Kier molecular flexibility index (Phi) is 4.17. The summed E-state index contributed by atoms with van der Waals surface area (Å²) in [6, 6.07) is 6.77. The van der Waals surface area contributed by atoms with Crippen LogP contribution in [0.1, 0.15) is 36.4 Å². The Balaban J connectivity index is 0.00000128. The van der Waals surface area contributed by atoms with Crippen LogP contribution in [0.4, 0.5) is 0 Å². The third kappa shape index (κ3) is 2.29. The number of aromatic hydroxyl groups is 1. The van der Waals surface area contributed by atoms with E-state index in [2.05, 4.69) is 6.07 Å². The highest BCUT2D eigenvalue weighted by Crippen LogP contribution is 2.38. The molecule has 0 saturated heterocycles. The lowest BCUT2D eigenvalue weighted by Gasteiger charge is -2.31. The summed E-state index contributed by atoms with van der Waals surface area (Å²) in [6.07, 6.45) is 3.46. The van der Waals surface area contributed by atoms with E-state index in [1.807, 2.05) is 0 Å². The Morgan fingerprint density at radius 3 is 2.62 bits per heavy atom. The van der Waals surface area contributed by atoms with Crippen LogP contribution in [0.3, 0.4) is 0 Å². The van der Waals surface area contributed by atoms with Crippen LogP contribution in [0.25, 0.3) is 0 Å². The van der Waals surface area contributed by atoms with E-state index in [0.717, 1.165) is 12.8 Å². The first kappa shape index (κ1) is 12.8. The summed E-state index contributed by atoms with van der Waals surface area (Å²) in [5.74, 6) is 0.665. The average Bonchev–Trinajstić information content (AvgIpc) is 2.15. The van der Waals surface area contributed by atoms with E-state index in [4.69, 9.17) is 11.0 Å². The van der Waals surface area contributed by atoms with Gasteiger partial charge in [-0.05, 0) is 37.0 Å². The molecule has 0 spiro atoms. The Bertz CT molecular complexity index is 410. The number of benzene rings is 1. The van der Waals surface area contributed by atoms with Gasteiger partial charge in [-0.2, -0.15) is 5.26 Å². The fourth-order valence-corrected chi connectivity index (χ4v) is 1.94. The maximum atomic E-state index is 9.68. The van der Waals surface area contributed by atoms with Crippen molar-refractivity contribution in [1.29, 1.82) is 5.26 Å². The number of nitrogens with zero attached hydrogens (tertiary/aromatic N) is 1. The predicted molar refractivity (Wildman–Crippen MR) is 64.3 cm³/mol. The Morgan fingerprint density at radius 1 is 1.44 bits per heavy atom. The molecule has 3 nitrogen and oxygen atoms in total. The Labute approximate surface area is 101 Å². The molecule has 0 aliphatic heterocycles. The minimum atomic E-state index is -0.132. The number of rotatable bonds is 2. The molecule has 4 heteroatoms. The van der Waals surface area contributed by atoms with Gasteiger partial charge < -0.3 is 10.8 Å². The molecule has 1 atom stereocenters. The predicted octanol–water partition coefficient (Wildman–Crippen LogP) is 2.49. The zero-order chi connectivity index (χ0) is 10.8. The van der Waals surface area contributed by atoms with Crippen molar-refractivity contribution in [3.8, 4) is 11.8 Å². The second-order valence-corrected chi connectivity index (χ2v) is 4.10. The molecule has 3 N–H and O–H groups in total. The first-order chi connectivity index (χ1) is 7.22. The van der Waals surface area contributed by atoms with Gasteiger partial charge in [0.25, 0.3) is 0 Å². The fourth-order valence-electron chi connectivity index (χ4n) is 1.94. The maximum Gasteiger partial charge on any atom is 0.120 e. The van der Waals surface area contributed by atoms with Gasteiger partial charge in [-0.15, -0.1) is 12.4 Å². The second-order valence-electron chi connectivity index (χ2n) is 4.10. The third-order valence-electron chi connectivity index (χ3n) is 3.17. The topological polar surface area (TPSA) is 70.0 Å². The monoisotopic (exact) mass is 238 g/mol. The molecule has 0 bridgehead atoms. The summed E-state index contributed by atoms with van der Waals surface area (Å²) in [4.78, 5) is 0. The minimum Gasteiger partial charge on any atom is -0.508 e. The van der Waals surface area contributed by atoms with E-state index in [9.17, 15) is 5.11 Å². The molecule has 0 unspecified atom stereocenters. The van der Waals surface area contributed by atoms with E-state index in [1.165, 1.54) is 6.42 Å². The van der Waals surface area contributed by atoms with Gasteiger partial charge in [0.05, 0.1) is 11.6 Å². The van der Waals surface area contributed by atoms with E-state index in [1.54, 1.807) is 18.2 Å². The van der Waals surface area contributed by atoms with Gasteiger partial charge in [-0.3, -0.25) is 0 Å². The van der Waals surface area contributed by atoms with Crippen LogP contribution < -0.4 is 5.73 Å². The summed E-state index contributed by atoms with van der Waals surface area (Å²) >= 11 is 0. The largest absolute Gasteiger partial charge is 0.508 e. The van der Waals surface area contributed by atoms with Crippen molar-refractivity contribution in [2.45, 2.75) is 25.3 Å². The summed E-state index contributed by atoms with van der Waals surface area (Å²) in [5.41, 5.74) is 7.32. The molecule has 0 aromatic heterocycles. The Hall–Kier alpha value is -1.24. The van der Waals surface area contributed by atoms with Crippen molar-refractivity contribution in [3.63, 3.8) is 0 Å². The van der Waals surface area contributed by atoms with Crippen molar-refractivity contribution in [2.24, 2.45) is 11.7 Å². The molecule has 1 aromatic carbocycles. The second kappa shape index (κ2) is 5.20. The summed E-state index contributed by atoms with van der Waals surface area (Å²) in [7, 11) is 0. The number of phenols is 1. The van der Waals surface area contributed by atoms with E-state index in [-0.39, 0.29) is 24.2 Å². The van der Waals surface area contributed by atoms with Gasteiger partial charge in [0.1, 0.15) is 5.75 Å². The van der Waals surface area contributed by atoms with Crippen LogP contribution >= 0.6 is 12.4 Å². The maximum absolute atomic E-state index is 9.68. The first-order valence-corrected chi connectivity index (χ1v) is 5.21. The fraction of sp³-hybridized carbons (Fsp3) is 0.417. The van der Waals surface area contributed by atoms with Crippen LogP contribution in [-0.2, 0) is 0 Å². The lowest BCUT2D eigenvalue weighted by molar-refractivity contribution is 0.260. The molecule has 1 aromatic rings. The molecule has 0 heterocycles. The number of halogens is 1. The molecule has 1 saturated carbocycles. The van der Waals surface area contributed by atoms with E-state index < -0.39 is 0 Å². The average molecular weight is 239 g/mol.